The van der Waals surface area contributed by atoms with E-state index < -0.39 is 0 Å². The lowest BCUT2D eigenvalue weighted by molar-refractivity contribution is -0.150. The Hall–Kier alpha value is -0.610. The standard InChI is InChI=1S/C15H30N2O2/c1-7-8-9-19-16-13-10-14(3,4)17(12(2)18)15(5,6)11-13/h13,16H,7-11H2,1-6H3. The van der Waals surface area contributed by atoms with Crippen molar-refractivity contribution in [3.05, 3.63) is 0 Å². The van der Waals surface area contributed by atoms with Crippen LogP contribution in [0.3, 0.4) is 0 Å². The lowest BCUT2D eigenvalue weighted by Gasteiger charge is -2.55. The number of rotatable bonds is 5. The van der Waals surface area contributed by atoms with E-state index in [-0.39, 0.29) is 17.0 Å². The number of unbranched alkanes of at least 4 members (excludes halogenated alkanes) is 1. The van der Waals surface area contributed by atoms with Gasteiger partial charge in [-0.05, 0) is 47.0 Å². The summed E-state index contributed by atoms with van der Waals surface area (Å²) in [5.41, 5.74) is 2.91. The zero-order chi connectivity index (χ0) is 14.7. The van der Waals surface area contributed by atoms with E-state index in [2.05, 4.69) is 40.1 Å². The van der Waals surface area contributed by atoms with Gasteiger partial charge in [0.2, 0.25) is 5.91 Å². The predicted molar refractivity (Wildman–Crippen MR) is 77.7 cm³/mol. The summed E-state index contributed by atoms with van der Waals surface area (Å²) in [6.45, 7) is 13.1. The SMILES string of the molecule is CCCCONC1CC(C)(C)N(C(C)=O)C(C)(C)C1. The minimum absolute atomic E-state index is 0.140. The Morgan fingerprint density at radius 3 is 2.21 bits per heavy atom. The first-order valence-corrected chi connectivity index (χ1v) is 7.39. The van der Waals surface area contributed by atoms with Crippen LogP contribution in [0.4, 0.5) is 0 Å². The number of hydrogen-bond donors (Lipinski definition) is 1. The van der Waals surface area contributed by atoms with Crippen LogP contribution in [0.1, 0.15) is 67.2 Å². The molecular formula is C15H30N2O2. The van der Waals surface area contributed by atoms with Crippen LogP contribution in [-0.4, -0.2) is 34.5 Å². The first kappa shape index (κ1) is 16.4. The third-order valence-electron chi connectivity index (χ3n) is 3.87. The molecule has 1 fully saturated rings. The van der Waals surface area contributed by atoms with E-state index in [0.717, 1.165) is 32.3 Å². The van der Waals surface area contributed by atoms with Crippen LogP contribution in [0.25, 0.3) is 0 Å². The summed E-state index contributed by atoms with van der Waals surface area (Å²) in [5, 5.41) is 0. The number of likely N-dealkylation sites (tertiary alicyclic amines) is 1. The van der Waals surface area contributed by atoms with Crippen LogP contribution in [0, 0.1) is 0 Å². The number of carbonyl (C=O) groups excluding carboxylic acids is 1. The quantitative estimate of drug-likeness (QED) is 0.617. The normalized spacial score (nSPS) is 22.5. The topological polar surface area (TPSA) is 41.6 Å². The molecule has 1 N–H and O–H groups in total. The molecule has 0 spiro atoms. The second-order valence-electron chi connectivity index (χ2n) is 6.90. The second kappa shape index (κ2) is 6.23. The summed E-state index contributed by atoms with van der Waals surface area (Å²) in [7, 11) is 0. The molecule has 4 heteroatoms. The van der Waals surface area contributed by atoms with Crippen LogP contribution in [-0.2, 0) is 9.63 Å². The van der Waals surface area contributed by atoms with Crippen LogP contribution in [0.15, 0.2) is 0 Å². The summed E-state index contributed by atoms with van der Waals surface area (Å²) in [4.78, 5) is 19.5. The van der Waals surface area contributed by atoms with Crippen molar-refractivity contribution >= 4 is 5.91 Å². The Balaban J connectivity index is 2.65. The minimum atomic E-state index is -0.140. The molecule has 4 nitrogen and oxygen atoms in total. The molecule has 0 aromatic carbocycles. The number of piperidine rings is 1. The van der Waals surface area contributed by atoms with Crippen LogP contribution in [0.5, 0.6) is 0 Å². The van der Waals surface area contributed by atoms with Gasteiger partial charge in [0.05, 0.1) is 6.61 Å². The van der Waals surface area contributed by atoms with Gasteiger partial charge in [-0.1, -0.05) is 13.3 Å². The van der Waals surface area contributed by atoms with Crippen molar-refractivity contribution in [1.29, 1.82) is 0 Å². The Morgan fingerprint density at radius 2 is 1.79 bits per heavy atom. The van der Waals surface area contributed by atoms with Gasteiger partial charge in [0.1, 0.15) is 0 Å². The van der Waals surface area contributed by atoms with Gasteiger partial charge in [0.25, 0.3) is 0 Å². The van der Waals surface area contributed by atoms with Crippen LogP contribution in [0.2, 0.25) is 0 Å². The van der Waals surface area contributed by atoms with E-state index in [1.165, 1.54) is 0 Å². The highest BCUT2D eigenvalue weighted by Crippen LogP contribution is 2.38. The average Bonchev–Trinajstić information content (AvgIpc) is 2.19. The molecule has 1 rings (SSSR count). The second-order valence-corrected chi connectivity index (χ2v) is 6.90. The van der Waals surface area contributed by atoms with Gasteiger partial charge in [-0.15, -0.1) is 0 Å². The summed E-state index contributed by atoms with van der Waals surface area (Å²) in [6, 6.07) is 0.303. The molecule has 0 aliphatic carbocycles. The minimum Gasteiger partial charge on any atom is -0.333 e. The summed E-state index contributed by atoms with van der Waals surface area (Å²) < 4.78 is 0. The van der Waals surface area contributed by atoms with Crippen molar-refractivity contribution < 1.29 is 9.63 Å². The Morgan fingerprint density at radius 1 is 1.26 bits per heavy atom. The number of nitrogens with one attached hydrogen (secondary N) is 1. The van der Waals surface area contributed by atoms with E-state index in [0.29, 0.717) is 6.04 Å². The molecule has 1 aliphatic rings. The molecule has 0 saturated carbocycles. The van der Waals surface area contributed by atoms with Gasteiger partial charge in [-0.2, -0.15) is 5.48 Å². The van der Waals surface area contributed by atoms with Crippen molar-refractivity contribution in [1.82, 2.24) is 10.4 Å². The largest absolute Gasteiger partial charge is 0.333 e. The molecule has 0 atom stereocenters. The number of hydrogen-bond acceptors (Lipinski definition) is 3. The van der Waals surface area contributed by atoms with Gasteiger partial charge in [-0.25, -0.2) is 0 Å². The van der Waals surface area contributed by atoms with Gasteiger partial charge in [0.15, 0.2) is 0 Å². The molecule has 112 valence electrons. The molecule has 0 radical (unpaired) electrons. The molecule has 0 aromatic heterocycles. The number of hydroxylamine groups is 1. The van der Waals surface area contributed by atoms with Crippen LogP contribution < -0.4 is 5.48 Å². The van der Waals surface area contributed by atoms with Crippen molar-refractivity contribution in [3.8, 4) is 0 Å². The van der Waals surface area contributed by atoms with Crippen molar-refractivity contribution in [2.24, 2.45) is 0 Å². The maximum Gasteiger partial charge on any atom is 0.220 e. The average molecular weight is 270 g/mol. The molecule has 1 aliphatic heterocycles. The highest BCUT2D eigenvalue weighted by Gasteiger charge is 2.46. The Kier molecular flexibility index (Phi) is 5.39. The number of nitrogens with zero attached hydrogens (tertiary/aromatic N) is 1. The summed E-state index contributed by atoms with van der Waals surface area (Å²) in [5.74, 6) is 0.153. The summed E-state index contributed by atoms with van der Waals surface area (Å²) >= 11 is 0. The van der Waals surface area contributed by atoms with Gasteiger partial charge < -0.3 is 9.74 Å². The predicted octanol–water partition coefficient (Wildman–Crippen LogP) is 2.88. The van der Waals surface area contributed by atoms with Crippen molar-refractivity contribution in [2.75, 3.05) is 6.61 Å². The zero-order valence-electron chi connectivity index (χ0n) is 13.4. The van der Waals surface area contributed by atoms with E-state index in [1.54, 1.807) is 6.92 Å². The Bertz CT molecular complexity index is 295. The first-order chi connectivity index (χ1) is 8.70. The highest BCUT2D eigenvalue weighted by molar-refractivity contribution is 5.75. The third-order valence-corrected chi connectivity index (χ3v) is 3.87. The van der Waals surface area contributed by atoms with Gasteiger partial charge in [-0.3, -0.25) is 4.79 Å². The van der Waals surface area contributed by atoms with E-state index in [9.17, 15) is 4.79 Å². The lowest BCUT2D eigenvalue weighted by atomic mass is 9.77. The maximum absolute atomic E-state index is 11.9. The molecule has 19 heavy (non-hydrogen) atoms. The molecule has 1 heterocycles. The fourth-order valence-corrected chi connectivity index (χ4v) is 3.61. The molecule has 0 aromatic rings. The molecule has 0 bridgehead atoms. The van der Waals surface area contributed by atoms with Crippen molar-refractivity contribution in [2.45, 2.75) is 84.3 Å². The monoisotopic (exact) mass is 270 g/mol. The first-order valence-electron chi connectivity index (χ1n) is 7.39. The molecule has 0 unspecified atom stereocenters. The lowest BCUT2D eigenvalue weighted by Crippen LogP contribution is -2.65. The summed E-state index contributed by atoms with van der Waals surface area (Å²) in [6.07, 6.45) is 4.05. The van der Waals surface area contributed by atoms with Gasteiger partial charge >= 0.3 is 0 Å². The third kappa shape index (κ3) is 4.18. The number of carbonyl (C=O) groups is 1. The van der Waals surface area contributed by atoms with E-state index in [4.69, 9.17) is 4.84 Å². The molecular weight excluding hydrogens is 240 g/mol. The zero-order valence-corrected chi connectivity index (χ0v) is 13.4. The smallest absolute Gasteiger partial charge is 0.220 e. The maximum atomic E-state index is 11.9. The van der Waals surface area contributed by atoms with Gasteiger partial charge in [0, 0.05) is 24.0 Å². The fraction of sp³-hybridized carbons (Fsp3) is 0.933. The molecule has 1 saturated heterocycles. The highest BCUT2D eigenvalue weighted by atomic mass is 16.6. The van der Waals surface area contributed by atoms with E-state index >= 15 is 0 Å². The van der Waals surface area contributed by atoms with Crippen LogP contribution >= 0.6 is 0 Å². The van der Waals surface area contributed by atoms with E-state index in [1.807, 2.05) is 4.90 Å². The molecule has 1 amide bonds. The number of amides is 1. The Labute approximate surface area is 117 Å². The fourth-order valence-electron chi connectivity index (χ4n) is 3.61. The van der Waals surface area contributed by atoms with Crippen molar-refractivity contribution in [3.63, 3.8) is 0 Å².